The van der Waals surface area contributed by atoms with Crippen molar-refractivity contribution in [2.45, 2.75) is 88.5 Å². The number of fused-ring (bicyclic) bond motifs is 3. The summed E-state index contributed by atoms with van der Waals surface area (Å²) < 4.78 is 90.9. The van der Waals surface area contributed by atoms with Gasteiger partial charge in [0.1, 0.15) is 36.3 Å². The summed E-state index contributed by atoms with van der Waals surface area (Å²) in [5, 5.41) is 10.9. The molecule has 0 aliphatic carbocycles. The van der Waals surface area contributed by atoms with E-state index in [0.717, 1.165) is 0 Å². The number of phosphoric ester groups is 2. The van der Waals surface area contributed by atoms with Crippen LogP contribution in [0.25, 0.3) is 22.3 Å². The lowest BCUT2D eigenvalue weighted by Gasteiger charge is -2.28. The van der Waals surface area contributed by atoms with Crippen LogP contribution in [0.2, 0.25) is 0 Å². The Labute approximate surface area is 325 Å². The molecule has 11 atom stereocenters. The second-order valence-electron chi connectivity index (χ2n) is 13.5. The number of phosphoric acid groups is 3. The summed E-state index contributed by atoms with van der Waals surface area (Å²) in [5.74, 6) is -1.04. The molecule has 8 N–H and O–H groups in total. The standard InChI is InChI=1S/C28H40N9O18P3/c1-6-28(7-2)52-19-14(51-26(20(19)53-28)37-11-35(4)16-22(37)33-27(29)34-24(16)40)9-49-57(43,44)55-58(45,46)54-56(41,42)48-8-13-18(47-5)17(38)25(50-13)36-10-30-15-21(36)31-12(3)32-23(15)39/h10-11,13-14,17-20,25-26,38H,6-9H2,1-5H3,(H6-,29,31,32,33,34,39,40,41,42,43,44,45,46)/p+1/t13-,14-,17?,18+,19+,20?,25-,26-/m1/s1. The number of nitrogen functional groups attached to an aromatic ring is 1. The second-order valence-corrected chi connectivity index (χ2v) is 18.1. The fraction of sp³-hybridized carbons (Fsp3) is 0.643. The molecule has 27 nitrogen and oxygen atoms in total. The highest BCUT2D eigenvalue weighted by Gasteiger charge is 2.60. The third kappa shape index (κ3) is 8.11. The SMILES string of the molecule is CCC1(CC)OC2[C@@H](O1)[C@@H](COP(=O)(O)OP(=O)(O)OP(=O)(O)OC[C@H]1O[C@@H](n3cnc4c(=O)[nH]c(C)nc43)C(O)[C@H]1OC)O[C@H]2n1c[n+](C)c2c(=O)[nH]c(N)nc21. The van der Waals surface area contributed by atoms with Crippen molar-refractivity contribution in [3.63, 3.8) is 0 Å². The predicted molar refractivity (Wildman–Crippen MR) is 190 cm³/mol. The van der Waals surface area contributed by atoms with Crippen LogP contribution >= 0.6 is 23.5 Å². The maximum absolute atomic E-state index is 13.0. The van der Waals surface area contributed by atoms with Crippen molar-refractivity contribution in [2.24, 2.45) is 7.05 Å². The fourth-order valence-electron chi connectivity index (χ4n) is 7.15. The number of methoxy groups -OCH3 is 1. The zero-order chi connectivity index (χ0) is 42.1. The first-order valence-electron chi connectivity index (χ1n) is 17.5. The lowest BCUT2D eigenvalue weighted by Crippen LogP contribution is -2.35. The summed E-state index contributed by atoms with van der Waals surface area (Å²) in [4.78, 5) is 73.3. The molecule has 0 amide bonds. The Morgan fingerprint density at radius 3 is 2.16 bits per heavy atom. The van der Waals surface area contributed by atoms with Gasteiger partial charge in [-0.15, -0.1) is 0 Å². The molecule has 0 radical (unpaired) electrons. The molecule has 4 aromatic rings. The molecule has 7 heterocycles. The van der Waals surface area contributed by atoms with Crippen molar-refractivity contribution >= 4 is 51.7 Å². The van der Waals surface area contributed by atoms with Crippen LogP contribution in [-0.2, 0) is 62.1 Å². The molecule has 320 valence electrons. The van der Waals surface area contributed by atoms with Gasteiger partial charge in [-0.2, -0.15) is 18.2 Å². The van der Waals surface area contributed by atoms with Gasteiger partial charge in [-0.05, 0) is 19.8 Å². The summed E-state index contributed by atoms with van der Waals surface area (Å²) in [6.45, 7) is 3.44. The number of aliphatic hydroxyl groups excluding tert-OH is 1. The van der Waals surface area contributed by atoms with Crippen LogP contribution in [0.15, 0.2) is 22.2 Å². The number of ether oxygens (including phenoxy) is 5. The van der Waals surface area contributed by atoms with Gasteiger partial charge in [0.05, 0.1) is 26.6 Å². The molecule has 0 saturated carbocycles. The van der Waals surface area contributed by atoms with Crippen molar-refractivity contribution in [3.05, 3.63) is 39.2 Å². The summed E-state index contributed by atoms with van der Waals surface area (Å²) in [6.07, 6.45) is -5.96. The quantitative estimate of drug-likeness (QED) is 0.0579. The Bertz CT molecular complexity index is 2470. The predicted octanol–water partition coefficient (Wildman–Crippen LogP) is -0.588. The van der Waals surface area contributed by atoms with Crippen LogP contribution in [-0.4, -0.2) is 117 Å². The number of hydrogen-bond acceptors (Lipinski definition) is 19. The number of H-pyrrole nitrogens is 2. The zero-order valence-corrected chi connectivity index (χ0v) is 33.9. The molecule has 3 aliphatic heterocycles. The molecular weight excluding hydrogens is 843 g/mol. The van der Waals surface area contributed by atoms with Crippen LogP contribution in [0.4, 0.5) is 5.95 Å². The molecule has 30 heteroatoms. The Hall–Kier alpha value is -3.33. The van der Waals surface area contributed by atoms with Gasteiger partial charge < -0.3 is 54.2 Å². The van der Waals surface area contributed by atoms with Crippen LogP contribution in [0.3, 0.4) is 0 Å². The molecule has 0 spiro atoms. The number of nitrogens with one attached hydrogen (secondary N) is 2. The Kier molecular flexibility index (Phi) is 11.5. The Morgan fingerprint density at radius 2 is 1.52 bits per heavy atom. The Balaban J connectivity index is 1.00. The van der Waals surface area contributed by atoms with Crippen molar-refractivity contribution in [2.75, 3.05) is 26.1 Å². The lowest BCUT2D eigenvalue weighted by molar-refractivity contribution is -0.646. The van der Waals surface area contributed by atoms with E-state index in [1.54, 1.807) is 7.05 Å². The third-order valence-electron chi connectivity index (χ3n) is 9.75. The van der Waals surface area contributed by atoms with E-state index < -0.39 is 103 Å². The highest BCUT2D eigenvalue weighted by Crippen LogP contribution is 2.68. The number of imidazole rings is 2. The molecule has 7 rings (SSSR count). The largest absolute Gasteiger partial charge is 0.490 e. The van der Waals surface area contributed by atoms with Crippen molar-refractivity contribution in [3.8, 4) is 0 Å². The minimum Gasteiger partial charge on any atom is -0.386 e. The maximum atomic E-state index is 13.0. The normalized spacial score (nSPS) is 30.1. The molecule has 3 fully saturated rings. The van der Waals surface area contributed by atoms with E-state index in [-0.39, 0.29) is 34.1 Å². The molecule has 5 unspecified atom stereocenters. The van der Waals surface area contributed by atoms with E-state index >= 15 is 0 Å². The fourth-order valence-corrected chi connectivity index (χ4v) is 10.7. The van der Waals surface area contributed by atoms with Gasteiger partial charge in [-0.25, -0.2) is 28.2 Å². The van der Waals surface area contributed by atoms with Gasteiger partial charge in [0.2, 0.25) is 18.5 Å². The lowest BCUT2D eigenvalue weighted by atomic mass is 10.1. The van der Waals surface area contributed by atoms with E-state index in [0.29, 0.717) is 12.8 Å². The van der Waals surface area contributed by atoms with Crippen LogP contribution < -0.4 is 21.4 Å². The molecule has 3 saturated heterocycles. The highest BCUT2D eigenvalue weighted by molar-refractivity contribution is 7.66. The van der Waals surface area contributed by atoms with Crippen LogP contribution in [0.5, 0.6) is 0 Å². The zero-order valence-electron chi connectivity index (χ0n) is 31.2. The van der Waals surface area contributed by atoms with E-state index in [1.807, 2.05) is 13.8 Å². The first kappa shape index (κ1) is 42.8. The minimum atomic E-state index is -5.93. The Morgan fingerprint density at radius 1 is 0.897 bits per heavy atom. The molecule has 0 aromatic carbocycles. The number of aromatic amines is 2. The van der Waals surface area contributed by atoms with Crippen LogP contribution in [0.1, 0.15) is 45.0 Å². The van der Waals surface area contributed by atoms with Gasteiger partial charge in [0, 0.05) is 7.11 Å². The molecule has 58 heavy (non-hydrogen) atoms. The second kappa shape index (κ2) is 15.6. The number of nitrogens with zero attached hydrogens (tertiary/aromatic N) is 6. The molecule has 4 aromatic heterocycles. The highest BCUT2D eigenvalue weighted by atomic mass is 31.3. The van der Waals surface area contributed by atoms with Crippen molar-refractivity contribution in [1.82, 2.24) is 34.1 Å². The van der Waals surface area contributed by atoms with E-state index in [9.17, 15) is 43.1 Å². The van der Waals surface area contributed by atoms with E-state index in [4.69, 9.17) is 38.5 Å². The summed E-state index contributed by atoms with van der Waals surface area (Å²) >= 11 is 0. The van der Waals surface area contributed by atoms with Crippen LogP contribution in [0, 0.1) is 6.92 Å². The summed E-state index contributed by atoms with van der Waals surface area (Å²) in [6, 6.07) is 0. The van der Waals surface area contributed by atoms with Crippen molar-refractivity contribution in [1.29, 1.82) is 0 Å². The number of aryl methyl sites for hydroxylation is 2. The molecule has 0 bridgehead atoms. The van der Waals surface area contributed by atoms with E-state index in [1.165, 1.54) is 40.4 Å². The number of anilines is 1. The number of aromatic nitrogens is 8. The van der Waals surface area contributed by atoms with E-state index in [2.05, 4.69) is 33.5 Å². The third-order valence-corrected chi connectivity index (χ3v) is 14.0. The number of hydrogen-bond donors (Lipinski definition) is 7. The number of aliphatic hydroxyl groups is 1. The average molecular weight is 885 g/mol. The summed E-state index contributed by atoms with van der Waals surface area (Å²) in [5.41, 5.74) is 4.98. The van der Waals surface area contributed by atoms with Gasteiger partial charge in [0.25, 0.3) is 16.7 Å². The summed E-state index contributed by atoms with van der Waals surface area (Å²) in [7, 11) is -14.4. The first-order valence-corrected chi connectivity index (χ1v) is 22.0. The van der Waals surface area contributed by atoms with Gasteiger partial charge in [-0.1, -0.05) is 13.8 Å². The van der Waals surface area contributed by atoms with Crippen molar-refractivity contribution < 1.29 is 79.4 Å². The topological polar surface area (TPSA) is 359 Å². The number of nitrogens with two attached hydrogens (primary N) is 1. The monoisotopic (exact) mass is 884 g/mol. The van der Waals surface area contributed by atoms with Gasteiger partial charge in [-0.3, -0.25) is 28.2 Å². The average Bonchev–Trinajstić information content (AvgIpc) is 3.93. The van der Waals surface area contributed by atoms with Gasteiger partial charge >= 0.3 is 29.0 Å². The maximum Gasteiger partial charge on any atom is 0.490 e. The smallest absolute Gasteiger partial charge is 0.386 e. The minimum absolute atomic E-state index is 0.0505. The molecular formula is C28H41N9O18P3+. The molecule has 3 aliphatic rings. The first-order chi connectivity index (χ1) is 27.2. The van der Waals surface area contributed by atoms with Gasteiger partial charge in [0.15, 0.2) is 29.3 Å². The number of rotatable bonds is 15.